The average Bonchev–Trinajstić information content (AvgIpc) is 2.93. The number of nitro groups is 1. The van der Waals surface area contributed by atoms with Crippen LogP contribution in [0.3, 0.4) is 0 Å². The van der Waals surface area contributed by atoms with Gasteiger partial charge >= 0.3 is 0 Å². The molecule has 1 aromatic carbocycles. The van der Waals surface area contributed by atoms with Crippen molar-refractivity contribution >= 4 is 21.4 Å². The van der Waals surface area contributed by atoms with Gasteiger partial charge in [0.2, 0.25) is 10.0 Å². The summed E-state index contributed by atoms with van der Waals surface area (Å²) in [5.74, 6) is 0. The van der Waals surface area contributed by atoms with Gasteiger partial charge < -0.3 is 5.73 Å². The maximum Gasteiger partial charge on any atom is 0.270 e. The lowest BCUT2D eigenvalue weighted by molar-refractivity contribution is -0.385. The largest absolute Gasteiger partial charge is 0.398 e. The molecule has 8 heteroatoms. The Morgan fingerprint density at radius 1 is 1.38 bits per heavy atom. The Morgan fingerprint density at radius 3 is 2.52 bits per heavy atom. The van der Waals surface area contributed by atoms with Gasteiger partial charge in [0.25, 0.3) is 5.69 Å². The Kier molecular flexibility index (Phi) is 4.48. The van der Waals surface area contributed by atoms with Crippen LogP contribution in [0.15, 0.2) is 23.1 Å². The maximum absolute atomic E-state index is 12.8. The van der Waals surface area contributed by atoms with Crippen LogP contribution in [0.2, 0.25) is 0 Å². The third kappa shape index (κ3) is 3.01. The van der Waals surface area contributed by atoms with Gasteiger partial charge in [-0.3, -0.25) is 10.1 Å². The van der Waals surface area contributed by atoms with Gasteiger partial charge in [-0.15, -0.1) is 0 Å². The Bertz CT molecular complexity index is 639. The van der Waals surface area contributed by atoms with Gasteiger partial charge in [-0.05, 0) is 18.9 Å². The standard InChI is InChI=1S/C13H19N3O4S/c1-2-15(10-5-3-4-6-10)21(19,20)13-9-11(16(17)18)7-8-12(13)14/h7-10H,2-6,14H2,1H3. The number of rotatable bonds is 5. The molecule has 0 amide bonds. The first-order valence-electron chi connectivity index (χ1n) is 6.93. The zero-order chi connectivity index (χ0) is 15.6. The number of nitrogen functional groups attached to an aromatic ring is 1. The molecular formula is C13H19N3O4S. The lowest BCUT2D eigenvalue weighted by Crippen LogP contribution is -2.38. The Labute approximate surface area is 123 Å². The van der Waals surface area contributed by atoms with Gasteiger partial charge in [0.15, 0.2) is 0 Å². The molecule has 0 spiro atoms. The molecule has 0 radical (unpaired) electrons. The number of benzene rings is 1. The molecule has 21 heavy (non-hydrogen) atoms. The van der Waals surface area contributed by atoms with Crippen LogP contribution in [0.25, 0.3) is 0 Å². The normalized spacial score (nSPS) is 16.5. The molecule has 0 atom stereocenters. The third-order valence-corrected chi connectivity index (χ3v) is 5.92. The van der Waals surface area contributed by atoms with Crippen LogP contribution in [0.4, 0.5) is 11.4 Å². The summed E-state index contributed by atoms with van der Waals surface area (Å²) in [6.45, 7) is 2.10. The van der Waals surface area contributed by atoms with Gasteiger partial charge in [0.05, 0.1) is 10.6 Å². The summed E-state index contributed by atoms with van der Waals surface area (Å²) in [6, 6.07) is 3.48. The fraction of sp³-hybridized carbons (Fsp3) is 0.538. The molecule has 0 bridgehead atoms. The summed E-state index contributed by atoms with van der Waals surface area (Å²) in [7, 11) is -3.82. The Morgan fingerprint density at radius 2 is 2.00 bits per heavy atom. The van der Waals surface area contributed by atoms with Crippen molar-refractivity contribution in [3.05, 3.63) is 28.3 Å². The Hall–Kier alpha value is -1.67. The number of nitrogens with zero attached hydrogens (tertiary/aromatic N) is 2. The number of nitrogens with two attached hydrogens (primary N) is 1. The van der Waals surface area contributed by atoms with Gasteiger partial charge in [-0.2, -0.15) is 4.31 Å². The van der Waals surface area contributed by atoms with E-state index in [-0.39, 0.29) is 22.3 Å². The molecule has 0 aliphatic heterocycles. The molecule has 1 aromatic rings. The second-order valence-electron chi connectivity index (χ2n) is 5.13. The summed E-state index contributed by atoms with van der Waals surface area (Å²) in [5, 5.41) is 10.8. The van der Waals surface area contributed by atoms with E-state index in [2.05, 4.69) is 0 Å². The fourth-order valence-corrected chi connectivity index (χ4v) is 4.63. The summed E-state index contributed by atoms with van der Waals surface area (Å²) < 4.78 is 27.0. The summed E-state index contributed by atoms with van der Waals surface area (Å²) in [5.41, 5.74) is 5.50. The van der Waals surface area contributed by atoms with Crippen molar-refractivity contribution in [1.29, 1.82) is 0 Å². The van der Waals surface area contributed by atoms with Crippen molar-refractivity contribution in [2.75, 3.05) is 12.3 Å². The highest BCUT2D eigenvalue weighted by Gasteiger charge is 2.34. The molecule has 0 aromatic heterocycles. The topological polar surface area (TPSA) is 107 Å². The van der Waals surface area contributed by atoms with E-state index in [0.29, 0.717) is 6.54 Å². The van der Waals surface area contributed by atoms with Gasteiger partial charge in [0, 0.05) is 24.7 Å². The molecule has 1 aliphatic carbocycles. The number of non-ortho nitro benzene ring substituents is 1. The van der Waals surface area contributed by atoms with Crippen LogP contribution in [0, 0.1) is 10.1 Å². The number of sulfonamides is 1. The highest BCUT2D eigenvalue weighted by molar-refractivity contribution is 7.89. The molecule has 116 valence electrons. The van der Waals surface area contributed by atoms with Crippen LogP contribution in [-0.4, -0.2) is 30.2 Å². The minimum atomic E-state index is -3.82. The zero-order valence-electron chi connectivity index (χ0n) is 11.9. The first-order chi connectivity index (χ1) is 9.87. The average molecular weight is 313 g/mol. The Balaban J connectivity index is 2.46. The van der Waals surface area contributed by atoms with Crippen LogP contribution >= 0.6 is 0 Å². The minimum Gasteiger partial charge on any atom is -0.398 e. The van der Waals surface area contributed by atoms with Crippen molar-refractivity contribution in [2.24, 2.45) is 0 Å². The summed E-state index contributed by atoms with van der Waals surface area (Å²) in [4.78, 5) is 10.0. The van der Waals surface area contributed by atoms with Crippen molar-refractivity contribution in [1.82, 2.24) is 4.31 Å². The highest BCUT2D eigenvalue weighted by atomic mass is 32.2. The lowest BCUT2D eigenvalue weighted by atomic mass is 10.2. The van der Waals surface area contributed by atoms with E-state index in [1.807, 2.05) is 0 Å². The zero-order valence-corrected chi connectivity index (χ0v) is 12.7. The molecule has 1 aliphatic rings. The van der Waals surface area contributed by atoms with Crippen molar-refractivity contribution in [3.8, 4) is 0 Å². The van der Waals surface area contributed by atoms with Crippen LogP contribution < -0.4 is 5.73 Å². The second-order valence-corrected chi connectivity index (χ2v) is 6.98. The molecule has 0 heterocycles. The number of nitro benzene ring substituents is 1. The molecule has 2 rings (SSSR count). The molecule has 1 saturated carbocycles. The predicted molar refractivity (Wildman–Crippen MR) is 79.3 cm³/mol. The van der Waals surface area contributed by atoms with E-state index < -0.39 is 14.9 Å². The van der Waals surface area contributed by atoms with E-state index in [4.69, 9.17) is 5.73 Å². The maximum atomic E-state index is 12.8. The smallest absolute Gasteiger partial charge is 0.270 e. The lowest BCUT2D eigenvalue weighted by Gasteiger charge is -2.27. The first kappa shape index (κ1) is 15.7. The monoisotopic (exact) mass is 313 g/mol. The van der Waals surface area contributed by atoms with Crippen molar-refractivity contribution in [2.45, 2.75) is 43.5 Å². The van der Waals surface area contributed by atoms with Crippen LogP contribution in [0.1, 0.15) is 32.6 Å². The first-order valence-corrected chi connectivity index (χ1v) is 8.37. The number of anilines is 1. The van der Waals surface area contributed by atoms with E-state index in [9.17, 15) is 18.5 Å². The molecule has 7 nitrogen and oxygen atoms in total. The van der Waals surface area contributed by atoms with Crippen LogP contribution in [-0.2, 0) is 10.0 Å². The molecule has 0 unspecified atom stereocenters. The van der Waals surface area contributed by atoms with Crippen molar-refractivity contribution in [3.63, 3.8) is 0 Å². The van der Waals surface area contributed by atoms with E-state index >= 15 is 0 Å². The quantitative estimate of drug-likeness (QED) is 0.509. The minimum absolute atomic E-state index is 0.0389. The molecule has 0 saturated heterocycles. The van der Waals surface area contributed by atoms with Crippen molar-refractivity contribution < 1.29 is 13.3 Å². The predicted octanol–water partition coefficient (Wildman–Crippen LogP) is 2.13. The van der Waals surface area contributed by atoms with Gasteiger partial charge in [-0.1, -0.05) is 19.8 Å². The second kappa shape index (κ2) is 5.98. The van der Waals surface area contributed by atoms with Gasteiger partial charge in [-0.25, -0.2) is 8.42 Å². The fourth-order valence-electron chi connectivity index (χ4n) is 2.80. The molecule has 2 N–H and O–H groups in total. The third-order valence-electron chi connectivity index (χ3n) is 3.84. The molecule has 1 fully saturated rings. The highest BCUT2D eigenvalue weighted by Crippen LogP contribution is 2.32. The van der Waals surface area contributed by atoms with E-state index in [1.54, 1.807) is 6.92 Å². The van der Waals surface area contributed by atoms with Gasteiger partial charge in [0.1, 0.15) is 4.90 Å². The SMILES string of the molecule is CCN(C1CCCC1)S(=O)(=O)c1cc([N+](=O)[O-])ccc1N. The number of hydrogen-bond donors (Lipinski definition) is 1. The number of hydrogen-bond acceptors (Lipinski definition) is 5. The van der Waals surface area contributed by atoms with E-state index in [0.717, 1.165) is 31.7 Å². The van der Waals surface area contributed by atoms with Crippen LogP contribution in [0.5, 0.6) is 0 Å². The molecular weight excluding hydrogens is 294 g/mol. The van der Waals surface area contributed by atoms with E-state index in [1.165, 1.54) is 16.4 Å². The summed E-state index contributed by atoms with van der Waals surface area (Å²) in [6.07, 6.45) is 3.64. The summed E-state index contributed by atoms with van der Waals surface area (Å²) >= 11 is 0.